The van der Waals surface area contributed by atoms with E-state index in [1.165, 1.54) is 19.2 Å². The third-order valence-corrected chi connectivity index (χ3v) is 1.38. The number of rotatable bonds is 1. The average Bonchev–Trinajstić information content (AvgIpc) is 1.94. The Bertz CT molecular complexity index is 303. The number of aromatic hydroxyl groups is 1. The molecule has 4 nitrogen and oxygen atoms in total. The van der Waals surface area contributed by atoms with Crippen molar-refractivity contribution >= 4 is 0 Å². The third-order valence-electron chi connectivity index (χ3n) is 1.38. The molecule has 0 saturated heterocycles. The van der Waals surface area contributed by atoms with Crippen LogP contribution in [0.5, 0.6) is 5.75 Å². The van der Waals surface area contributed by atoms with Crippen LogP contribution in [0.3, 0.4) is 0 Å². The minimum absolute atomic E-state index is 0.150. The summed E-state index contributed by atoms with van der Waals surface area (Å²) in [5.74, 6) is -0.414. The van der Waals surface area contributed by atoms with Gasteiger partial charge in [-0.05, 0) is 6.92 Å². The Kier molecular flexibility index (Phi) is 1.96. The Balaban J connectivity index is 3.28. The fourth-order valence-electron chi connectivity index (χ4n) is 0.806. The second-order valence-corrected chi connectivity index (χ2v) is 2.28. The van der Waals surface area contributed by atoms with E-state index in [9.17, 15) is 4.79 Å². The summed E-state index contributed by atoms with van der Waals surface area (Å²) in [5, 5.41) is 18.1. The number of hydrogen-bond acceptors (Lipinski definition) is 3. The van der Waals surface area contributed by atoms with Crippen molar-refractivity contribution in [2.45, 2.75) is 13.0 Å². The number of aromatic amines is 1. The van der Waals surface area contributed by atoms with Gasteiger partial charge in [0, 0.05) is 12.3 Å². The molecule has 0 amide bonds. The summed E-state index contributed by atoms with van der Waals surface area (Å²) in [5.41, 5.74) is -0.336. The highest BCUT2D eigenvalue weighted by atomic mass is 16.3. The van der Waals surface area contributed by atoms with Gasteiger partial charge in [-0.1, -0.05) is 0 Å². The molecule has 0 bridgehead atoms. The van der Waals surface area contributed by atoms with Gasteiger partial charge in [0.1, 0.15) is 0 Å². The van der Waals surface area contributed by atoms with Gasteiger partial charge in [0.05, 0.1) is 11.8 Å². The Morgan fingerprint density at radius 2 is 2.27 bits per heavy atom. The molecule has 0 fully saturated rings. The van der Waals surface area contributed by atoms with E-state index in [1.807, 2.05) is 0 Å². The maximum Gasteiger partial charge on any atom is 0.223 e. The lowest BCUT2D eigenvalue weighted by atomic mass is 10.2. The highest BCUT2D eigenvalue weighted by Gasteiger charge is 2.08. The predicted octanol–water partition coefficient (Wildman–Crippen LogP) is 0.134. The topological polar surface area (TPSA) is 73.3 Å². The lowest BCUT2D eigenvalue weighted by molar-refractivity contribution is 0.189. The largest absolute Gasteiger partial charge is 0.503 e. The SMILES string of the molecule is C[C@H](O)c1[nH]ccc(=O)c1O. The second-order valence-electron chi connectivity index (χ2n) is 2.28. The lowest BCUT2D eigenvalue weighted by Crippen LogP contribution is -2.05. The van der Waals surface area contributed by atoms with Gasteiger partial charge in [-0.3, -0.25) is 4.79 Å². The molecule has 11 heavy (non-hydrogen) atoms. The van der Waals surface area contributed by atoms with E-state index in [0.717, 1.165) is 0 Å². The fourth-order valence-corrected chi connectivity index (χ4v) is 0.806. The van der Waals surface area contributed by atoms with Crippen molar-refractivity contribution in [1.29, 1.82) is 0 Å². The molecule has 1 rings (SSSR count). The molecule has 0 radical (unpaired) electrons. The van der Waals surface area contributed by atoms with Gasteiger partial charge in [-0.25, -0.2) is 0 Å². The first-order chi connectivity index (χ1) is 5.13. The van der Waals surface area contributed by atoms with E-state index < -0.39 is 17.3 Å². The van der Waals surface area contributed by atoms with E-state index in [4.69, 9.17) is 10.2 Å². The van der Waals surface area contributed by atoms with E-state index >= 15 is 0 Å². The van der Waals surface area contributed by atoms with E-state index in [-0.39, 0.29) is 5.69 Å². The minimum atomic E-state index is -0.858. The van der Waals surface area contributed by atoms with Gasteiger partial charge in [0.15, 0.2) is 5.75 Å². The molecular formula is C7H9NO3. The zero-order valence-electron chi connectivity index (χ0n) is 6.03. The van der Waals surface area contributed by atoms with Gasteiger partial charge in [0.25, 0.3) is 0 Å². The summed E-state index contributed by atoms with van der Waals surface area (Å²) in [6.07, 6.45) is 0.522. The van der Waals surface area contributed by atoms with Crippen LogP contribution in [0.4, 0.5) is 0 Å². The molecule has 1 atom stereocenters. The molecule has 1 heterocycles. The van der Waals surface area contributed by atoms with Crippen LogP contribution >= 0.6 is 0 Å². The Labute approximate surface area is 63.1 Å². The van der Waals surface area contributed by atoms with Gasteiger partial charge in [-0.2, -0.15) is 0 Å². The molecule has 0 saturated carbocycles. The number of pyridine rings is 1. The highest BCUT2D eigenvalue weighted by Crippen LogP contribution is 2.15. The Morgan fingerprint density at radius 3 is 2.73 bits per heavy atom. The van der Waals surface area contributed by atoms with Crippen LogP contribution in [0, 0.1) is 0 Å². The minimum Gasteiger partial charge on any atom is -0.503 e. The van der Waals surface area contributed by atoms with Crippen LogP contribution < -0.4 is 5.43 Å². The van der Waals surface area contributed by atoms with Crippen LogP contribution in [0.1, 0.15) is 18.7 Å². The second kappa shape index (κ2) is 2.75. The number of aliphatic hydroxyl groups is 1. The van der Waals surface area contributed by atoms with Crippen LogP contribution in [0.15, 0.2) is 17.1 Å². The molecule has 1 aromatic heterocycles. The molecule has 1 aromatic rings. The van der Waals surface area contributed by atoms with Crippen LogP contribution in [-0.2, 0) is 0 Å². The normalized spacial score (nSPS) is 12.9. The Morgan fingerprint density at radius 1 is 1.64 bits per heavy atom. The number of H-pyrrole nitrogens is 1. The van der Waals surface area contributed by atoms with Crippen molar-refractivity contribution in [2.75, 3.05) is 0 Å². The van der Waals surface area contributed by atoms with E-state index in [1.54, 1.807) is 0 Å². The summed E-state index contributed by atoms with van der Waals surface area (Å²) in [4.78, 5) is 13.3. The molecule has 60 valence electrons. The lowest BCUT2D eigenvalue weighted by Gasteiger charge is -2.04. The zero-order valence-corrected chi connectivity index (χ0v) is 6.03. The predicted molar refractivity (Wildman–Crippen MR) is 39.4 cm³/mol. The smallest absolute Gasteiger partial charge is 0.223 e. The summed E-state index contributed by atoms with van der Waals surface area (Å²) in [6, 6.07) is 1.20. The molecule has 0 aromatic carbocycles. The standard InChI is InChI=1S/C7H9NO3/c1-4(9)6-7(11)5(10)2-3-8-6/h2-4,9,11H,1H3,(H,8,10)/t4-/m0/s1. The summed E-state index contributed by atoms with van der Waals surface area (Å²) >= 11 is 0. The zero-order chi connectivity index (χ0) is 8.43. The summed E-state index contributed by atoms with van der Waals surface area (Å²) in [7, 11) is 0. The number of aromatic nitrogens is 1. The molecule has 0 aliphatic heterocycles. The highest BCUT2D eigenvalue weighted by molar-refractivity contribution is 5.26. The van der Waals surface area contributed by atoms with Crippen molar-refractivity contribution in [2.24, 2.45) is 0 Å². The maximum atomic E-state index is 10.8. The monoisotopic (exact) mass is 155 g/mol. The molecular weight excluding hydrogens is 146 g/mol. The number of nitrogens with one attached hydrogen (secondary N) is 1. The summed E-state index contributed by atoms with van der Waals surface area (Å²) in [6.45, 7) is 1.46. The molecule has 0 unspecified atom stereocenters. The first-order valence-corrected chi connectivity index (χ1v) is 3.21. The fraction of sp³-hybridized carbons (Fsp3) is 0.286. The van der Waals surface area contributed by atoms with Gasteiger partial charge < -0.3 is 15.2 Å². The van der Waals surface area contributed by atoms with Crippen LogP contribution in [0.2, 0.25) is 0 Å². The maximum absolute atomic E-state index is 10.8. The molecule has 0 aliphatic carbocycles. The van der Waals surface area contributed by atoms with Crippen LogP contribution in [0.25, 0.3) is 0 Å². The molecule has 0 aliphatic rings. The first kappa shape index (κ1) is 7.81. The molecule has 3 N–H and O–H groups in total. The van der Waals surface area contributed by atoms with Gasteiger partial charge in [-0.15, -0.1) is 0 Å². The van der Waals surface area contributed by atoms with Crippen molar-refractivity contribution in [1.82, 2.24) is 4.98 Å². The van der Waals surface area contributed by atoms with E-state index in [2.05, 4.69) is 4.98 Å². The van der Waals surface area contributed by atoms with Gasteiger partial charge in [0.2, 0.25) is 5.43 Å². The van der Waals surface area contributed by atoms with Crippen LogP contribution in [-0.4, -0.2) is 15.2 Å². The third kappa shape index (κ3) is 1.40. The molecule has 4 heteroatoms. The first-order valence-electron chi connectivity index (χ1n) is 3.21. The Hall–Kier alpha value is -1.29. The number of hydrogen-bond donors (Lipinski definition) is 3. The molecule has 0 spiro atoms. The summed E-state index contributed by atoms with van der Waals surface area (Å²) < 4.78 is 0. The average molecular weight is 155 g/mol. The number of aliphatic hydroxyl groups excluding tert-OH is 1. The van der Waals surface area contributed by atoms with Crippen molar-refractivity contribution in [3.63, 3.8) is 0 Å². The van der Waals surface area contributed by atoms with Crippen molar-refractivity contribution in [3.05, 3.63) is 28.2 Å². The van der Waals surface area contributed by atoms with Crippen molar-refractivity contribution in [3.8, 4) is 5.75 Å². The quantitative estimate of drug-likeness (QED) is 0.539. The van der Waals surface area contributed by atoms with Crippen molar-refractivity contribution < 1.29 is 10.2 Å². The van der Waals surface area contributed by atoms with E-state index in [0.29, 0.717) is 0 Å². The van der Waals surface area contributed by atoms with Gasteiger partial charge >= 0.3 is 0 Å².